The number of H-pyrrole nitrogens is 1. The largest absolute Gasteiger partial charge is 0.480 e. The highest BCUT2D eigenvalue weighted by Gasteiger charge is 2.36. The number of benzene rings is 1. The molecule has 224 valence electrons. The van der Waals surface area contributed by atoms with E-state index in [1.165, 1.54) is 24.2 Å². The first kappa shape index (κ1) is 30.6. The Hall–Kier alpha value is -3.36. The van der Waals surface area contributed by atoms with Gasteiger partial charge in [-0.15, -0.1) is 0 Å². The van der Waals surface area contributed by atoms with Crippen molar-refractivity contribution < 1.29 is 24.3 Å². The number of carbonyl (C=O) groups is 4. The topological polar surface area (TPSA) is 123 Å². The number of fused-ring (bicyclic) bond motifs is 1. The van der Waals surface area contributed by atoms with Gasteiger partial charge in [-0.3, -0.25) is 14.4 Å². The fourth-order valence-electron chi connectivity index (χ4n) is 6.43. The summed E-state index contributed by atoms with van der Waals surface area (Å²) in [7, 11) is 0. The van der Waals surface area contributed by atoms with E-state index in [1.54, 1.807) is 4.90 Å². The van der Waals surface area contributed by atoms with Gasteiger partial charge < -0.3 is 25.2 Å². The van der Waals surface area contributed by atoms with Gasteiger partial charge in [-0.2, -0.15) is 0 Å². The van der Waals surface area contributed by atoms with Gasteiger partial charge in [0.25, 0.3) is 0 Å². The molecule has 0 radical (unpaired) electrons. The van der Waals surface area contributed by atoms with Crippen molar-refractivity contribution in [2.45, 2.75) is 102 Å². The maximum Gasteiger partial charge on any atom is 0.326 e. The maximum atomic E-state index is 14.1. The van der Waals surface area contributed by atoms with E-state index in [0.717, 1.165) is 55.0 Å². The fraction of sp³-hybridized carbons (Fsp3) is 0.625. The zero-order valence-corrected chi connectivity index (χ0v) is 24.4. The third-order valence-electron chi connectivity index (χ3n) is 8.70. The molecule has 41 heavy (non-hydrogen) atoms. The molecule has 4 rings (SSSR count). The van der Waals surface area contributed by atoms with Crippen LogP contribution in [0, 0.1) is 5.92 Å². The molecule has 3 amide bonds. The number of nitrogens with one attached hydrogen (secondary N) is 2. The average Bonchev–Trinajstić information content (AvgIpc) is 3.59. The number of amides is 3. The second kappa shape index (κ2) is 15.0. The zero-order chi connectivity index (χ0) is 29.2. The van der Waals surface area contributed by atoms with Gasteiger partial charge in [0.1, 0.15) is 12.1 Å². The van der Waals surface area contributed by atoms with E-state index in [0.29, 0.717) is 32.4 Å². The lowest BCUT2D eigenvalue weighted by molar-refractivity contribution is -0.150. The van der Waals surface area contributed by atoms with Crippen molar-refractivity contribution in [3.8, 4) is 0 Å². The third-order valence-corrected chi connectivity index (χ3v) is 8.70. The molecule has 3 N–H and O–H groups in total. The summed E-state index contributed by atoms with van der Waals surface area (Å²) in [5.74, 6) is -1.51. The Labute approximate surface area is 243 Å². The fourth-order valence-corrected chi connectivity index (χ4v) is 6.43. The van der Waals surface area contributed by atoms with E-state index in [4.69, 9.17) is 0 Å². The summed E-state index contributed by atoms with van der Waals surface area (Å²) < 4.78 is 0. The van der Waals surface area contributed by atoms with Crippen LogP contribution in [0.2, 0.25) is 0 Å². The number of para-hydroxylation sites is 1. The van der Waals surface area contributed by atoms with Crippen LogP contribution in [0.15, 0.2) is 30.5 Å². The number of carboxylic acid groups (broad SMARTS) is 1. The first-order valence-electron chi connectivity index (χ1n) is 15.5. The van der Waals surface area contributed by atoms with Gasteiger partial charge in [-0.05, 0) is 49.7 Å². The van der Waals surface area contributed by atoms with Crippen LogP contribution in [-0.4, -0.2) is 75.3 Å². The lowest BCUT2D eigenvalue weighted by Crippen LogP contribution is -2.53. The standard InChI is InChI=1S/C32H46N4O5/c1-2-3-15-27(34-29(37)19-24-20-33-26-16-10-9-14-25(24)26)31(39)35(21-23-12-7-5-4-6-8-13-23)22-30(38)36-18-11-17-28(36)32(40)41/h9-10,14,16,20,23,27-28,33H,2-8,11-13,15,17-19,21-22H2,1H3,(H,34,37)(H,40,41)/t27-,28+/m0/s1. The number of likely N-dealkylation sites (tertiary alicyclic amines) is 1. The van der Waals surface area contributed by atoms with Crippen molar-refractivity contribution in [3.05, 3.63) is 36.0 Å². The van der Waals surface area contributed by atoms with Crippen LogP contribution in [0.1, 0.15) is 89.5 Å². The highest BCUT2D eigenvalue weighted by Crippen LogP contribution is 2.25. The molecule has 2 atom stereocenters. The van der Waals surface area contributed by atoms with Crippen LogP contribution < -0.4 is 5.32 Å². The van der Waals surface area contributed by atoms with Crippen LogP contribution >= 0.6 is 0 Å². The van der Waals surface area contributed by atoms with Crippen LogP contribution in [0.25, 0.3) is 10.9 Å². The molecule has 9 heteroatoms. The first-order valence-corrected chi connectivity index (χ1v) is 15.5. The van der Waals surface area contributed by atoms with Crippen molar-refractivity contribution in [2.75, 3.05) is 19.6 Å². The molecule has 1 saturated carbocycles. The van der Waals surface area contributed by atoms with Crippen molar-refractivity contribution in [3.63, 3.8) is 0 Å². The van der Waals surface area contributed by atoms with Crippen LogP contribution in [0.5, 0.6) is 0 Å². The van der Waals surface area contributed by atoms with E-state index < -0.39 is 18.1 Å². The Kier molecular flexibility index (Phi) is 11.2. The van der Waals surface area contributed by atoms with Gasteiger partial charge in [0.2, 0.25) is 17.7 Å². The zero-order valence-electron chi connectivity index (χ0n) is 24.4. The van der Waals surface area contributed by atoms with Gasteiger partial charge >= 0.3 is 5.97 Å². The molecular weight excluding hydrogens is 520 g/mol. The number of aromatic amines is 1. The molecule has 0 bridgehead atoms. The number of aliphatic carboxylic acids is 1. The lowest BCUT2D eigenvalue weighted by Gasteiger charge is -2.33. The summed E-state index contributed by atoms with van der Waals surface area (Å²) in [6.07, 6.45) is 13.0. The van der Waals surface area contributed by atoms with Gasteiger partial charge in [-0.25, -0.2) is 4.79 Å². The molecule has 9 nitrogen and oxygen atoms in total. The number of rotatable bonds is 12. The minimum atomic E-state index is -1.00. The molecule has 1 aromatic heterocycles. The summed E-state index contributed by atoms with van der Waals surface area (Å²) in [6, 6.07) is 6.23. The molecule has 1 aliphatic carbocycles. The van der Waals surface area contributed by atoms with E-state index in [-0.39, 0.29) is 36.6 Å². The first-order chi connectivity index (χ1) is 19.9. The maximum absolute atomic E-state index is 14.1. The number of unbranched alkanes of at least 4 members (excludes halogenated alkanes) is 1. The predicted octanol–water partition coefficient (Wildman–Crippen LogP) is 4.65. The van der Waals surface area contributed by atoms with Crippen molar-refractivity contribution in [1.29, 1.82) is 0 Å². The Balaban J connectivity index is 1.51. The SMILES string of the molecule is CCCC[C@H](NC(=O)Cc1c[nH]c2ccccc12)C(=O)N(CC(=O)N1CCC[C@@H]1C(=O)O)CC1CCCCCCC1. The van der Waals surface area contributed by atoms with Crippen LogP contribution in [0.3, 0.4) is 0 Å². The van der Waals surface area contributed by atoms with E-state index in [2.05, 4.69) is 10.3 Å². The van der Waals surface area contributed by atoms with Crippen LogP contribution in [0.4, 0.5) is 0 Å². The highest BCUT2D eigenvalue weighted by atomic mass is 16.4. The predicted molar refractivity (Wildman–Crippen MR) is 158 cm³/mol. The van der Waals surface area contributed by atoms with Crippen molar-refractivity contribution >= 4 is 34.6 Å². The molecule has 1 aliphatic heterocycles. The second-order valence-corrected chi connectivity index (χ2v) is 11.8. The Morgan fingerprint density at radius 1 is 1.05 bits per heavy atom. The molecule has 0 unspecified atom stereocenters. The molecule has 2 aromatic rings. The Bertz CT molecular complexity index is 1190. The summed E-state index contributed by atoms with van der Waals surface area (Å²) in [5.41, 5.74) is 1.83. The highest BCUT2D eigenvalue weighted by molar-refractivity contribution is 5.93. The van der Waals surface area contributed by atoms with E-state index in [9.17, 15) is 24.3 Å². The Morgan fingerprint density at radius 3 is 2.51 bits per heavy atom. The minimum absolute atomic E-state index is 0.148. The average molecular weight is 567 g/mol. The van der Waals surface area contributed by atoms with Crippen LogP contribution in [-0.2, 0) is 25.6 Å². The summed E-state index contributed by atoms with van der Waals surface area (Å²) in [5, 5.41) is 13.6. The molecule has 2 heterocycles. The normalized spacial score (nSPS) is 19.0. The summed E-state index contributed by atoms with van der Waals surface area (Å²) in [4.78, 5) is 58.8. The van der Waals surface area contributed by atoms with Crippen molar-refractivity contribution in [1.82, 2.24) is 20.1 Å². The molecular formula is C32H46N4O5. The smallest absolute Gasteiger partial charge is 0.326 e. The Morgan fingerprint density at radius 2 is 1.78 bits per heavy atom. The van der Waals surface area contributed by atoms with Gasteiger partial charge in [0.05, 0.1) is 13.0 Å². The van der Waals surface area contributed by atoms with E-state index >= 15 is 0 Å². The third kappa shape index (κ3) is 8.33. The quantitative estimate of drug-likeness (QED) is 0.345. The monoisotopic (exact) mass is 566 g/mol. The second-order valence-electron chi connectivity index (χ2n) is 11.8. The molecule has 2 fully saturated rings. The van der Waals surface area contributed by atoms with Gasteiger partial charge in [0, 0.05) is 30.2 Å². The number of hydrogen-bond donors (Lipinski definition) is 3. The molecule has 1 saturated heterocycles. The molecule has 1 aromatic carbocycles. The number of nitrogens with zero attached hydrogens (tertiary/aromatic N) is 2. The van der Waals surface area contributed by atoms with Crippen molar-refractivity contribution in [2.24, 2.45) is 5.92 Å². The summed E-state index contributed by atoms with van der Waals surface area (Å²) in [6.45, 7) is 2.74. The van der Waals surface area contributed by atoms with E-state index in [1.807, 2.05) is 37.4 Å². The number of hydrogen-bond acceptors (Lipinski definition) is 4. The molecule has 2 aliphatic rings. The minimum Gasteiger partial charge on any atom is -0.480 e. The van der Waals surface area contributed by atoms with Gasteiger partial charge in [0.15, 0.2) is 0 Å². The number of aromatic nitrogens is 1. The number of carbonyl (C=O) groups excluding carboxylic acids is 3. The lowest BCUT2D eigenvalue weighted by atomic mass is 9.90. The summed E-state index contributed by atoms with van der Waals surface area (Å²) >= 11 is 0. The number of carboxylic acids is 1. The van der Waals surface area contributed by atoms with Gasteiger partial charge in [-0.1, -0.05) is 70.1 Å². The molecule has 0 spiro atoms.